The molecule has 2 aromatic rings. The highest BCUT2D eigenvalue weighted by Gasteiger charge is 2.57. The van der Waals surface area contributed by atoms with E-state index in [0.29, 0.717) is 29.0 Å². The van der Waals surface area contributed by atoms with Gasteiger partial charge in [-0.15, -0.1) is 0 Å². The molecular formula is C21H15NO6. The molecule has 3 aliphatic rings. The van der Waals surface area contributed by atoms with E-state index in [-0.39, 0.29) is 11.1 Å². The third-order valence-corrected chi connectivity index (χ3v) is 5.69. The minimum absolute atomic E-state index is 0.189. The van der Waals surface area contributed by atoms with Crippen LogP contribution in [0.2, 0.25) is 0 Å². The van der Waals surface area contributed by atoms with Gasteiger partial charge in [0.15, 0.2) is 0 Å². The number of imide groups is 1. The molecule has 1 fully saturated rings. The Hall–Kier alpha value is -3.48. The van der Waals surface area contributed by atoms with Crippen molar-refractivity contribution in [1.82, 2.24) is 5.06 Å². The van der Waals surface area contributed by atoms with Crippen molar-refractivity contribution in [2.75, 3.05) is 0 Å². The Bertz CT molecular complexity index is 1020. The molecule has 0 aromatic heterocycles. The molecule has 1 aliphatic carbocycles. The Balaban J connectivity index is 1.50. The van der Waals surface area contributed by atoms with Gasteiger partial charge in [-0.1, -0.05) is 35.4 Å². The van der Waals surface area contributed by atoms with Crippen molar-refractivity contribution in [3.63, 3.8) is 0 Å². The third kappa shape index (κ3) is 2.16. The number of fused-ring (bicyclic) bond motifs is 2. The van der Waals surface area contributed by atoms with E-state index in [9.17, 15) is 19.2 Å². The van der Waals surface area contributed by atoms with Crippen molar-refractivity contribution in [3.05, 3.63) is 70.8 Å². The number of esters is 1. The second-order valence-corrected chi connectivity index (χ2v) is 7.19. The molecule has 7 nitrogen and oxygen atoms in total. The molecule has 2 aromatic carbocycles. The van der Waals surface area contributed by atoms with Gasteiger partial charge in [0.05, 0.1) is 16.7 Å². The molecule has 0 radical (unpaired) electrons. The lowest BCUT2D eigenvalue weighted by Gasteiger charge is -2.48. The van der Waals surface area contributed by atoms with Gasteiger partial charge in [-0.25, -0.2) is 9.59 Å². The van der Waals surface area contributed by atoms with Gasteiger partial charge in [-0.3, -0.25) is 9.59 Å². The zero-order valence-corrected chi connectivity index (χ0v) is 14.7. The van der Waals surface area contributed by atoms with Crippen LogP contribution in [0.3, 0.4) is 0 Å². The van der Waals surface area contributed by atoms with Crippen LogP contribution in [0.25, 0.3) is 0 Å². The molecular weight excluding hydrogens is 362 g/mol. The fourth-order valence-electron chi connectivity index (χ4n) is 4.17. The molecule has 2 aliphatic heterocycles. The molecule has 2 amide bonds. The number of hydrogen-bond acceptors (Lipinski definition) is 6. The Morgan fingerprint density at radius 3 is 2.07 bits per heavy atom. The molecule has 1 unspecified atom stereocenters. The van der Waals surface area contributed by atoms with E-state index in [0.717, 1.165) is 6.42 Å². The number of hydroxylamine groups is 2. The van der Waals surface area contributed by atoms with Gasteiger partial charge in [0.2, 0.25) is 0 Å². The maximum atomic E-state index is 13.1. The van der Waals surface area contributed by atoms with E-state index < -0.39 is 35.3 Å². The number of carbonyl (C=O) groups excluding carboxylic acids is 4. The molecule has 28 heavy (non-hydrogen) atoms. The predicted molar refractivity (Wildman–Crippen MR) is 94.2 cm³/mol. The summed E-state index contributed by atoms with van der Waals surface area (Å²) >= 11 is 0. The molecule has 2 heterocycles. The molecule has 5 rings (SSSR count). The average Bonchev–Trinajstić information content (AvgIpc) is 2.92. The summed E-state index contributed by atoms with van der Waals surface area (Å²) in [6.07, 6.45) is 1.86. The first kappa shape index (κ1) is 16.7. The highest BCUT2D eigenvalue weighted by Crippen LogP contribution is 2.51. The van der Waals surface area contributed by atoms with Crippen LogP contribution in [0, 0.1) is 0 Å². The van der Waals surface area contributed by atoms with Crippen LogP contribution in [-0.4, -0.2) is 34.4 Å². The molecule has 140 valence electrons. The largest absolute Gasteiger partial charge is 0.454 e. The molecule has 0 N–H and O–H groups in total. The maximum Gasteiger partial charge on any atom is 0.344 e. The van der Waals surface area contributed by atoms with Gasteiger partial charge in [-0.2, -0.15) is 0 Å². The first-order valence-corrected chi connectivity index (χ1v) is 9.04. The number of carbonyl (C=O) groups is 4. The molecule has 1 saturated carbocycles. The minimum atomic E-state index is -0.985. The summed E-state index contributed by atoms with van der Waals surface area (Å²) in [5, 5.41) is 0.498. The third-order valence-electron chi connectivity index (χ3n) is 5.69. The normalized spacial score (nSPS) is 21.6. The standard InChI is InChI=1S/C21H15NO6/c23-17-13-7-2-3-8-14(13)18(24)22(17)28-20(26)16-12-6-1-4-9-15(12)19(25)27-21(16)10-5-11-21/h1-4,6-9,16H,5,10-11H2. The summed E-state index contributed by atoms with van der Waals surface area (Å²) in [5.74, 6) is -3.51. The van der Waals surface area contributed by atoms with Crippen LogP contribution in [0.1, 0.15) is 61.8 Å². The number of nitrogens with zero attached hydrogens (tertiary/aromatic N) is 1. The summed E-state index contributed by atoms with van der Waals surface area (Å²) in [6, 6.07) is 13.0. The molecule has 7 heteroatoms. The first-order valence-electron chi connectivity index (χ1n) is 9.04. The smallest absolute Gasteiger partial charge is 0.344 e. The van der Waals surface area contributed by atoms with Gasteiger partial charge >= 0.3 is 11.9 Å². The van der Waals surface area contributed by atoms with Crippen LogP contribution in [0.4, 0.5) is 0 Å². The predicted octanol–water partition coefficient (Wildman–Crippen LogP) is 2.62. The fraction of sp³-hybridized carbons (Fsp3) is 0.238. The topological polar surface area (TPSA) is 90.0 Å². The van der Waals surface area contributed by atoms with Gasteiger partial charge in [-0.05, 0) is 43.0 Å². The highest BCUT2D eigenvalue weighted by atomic mass is 16.7. The van der Waals surface area contributed by atoms with E-state index in [4.69, 9.17) is 9.57 Å². The van der Waals surface area contributed by atoms with Crippen molar-refractivity contribution in [2.45, 2.75) is 30.8 Å². The Morgan fingerprint density at radius 1 is 0.929 bits per heavy atom. The number of hydrogen-bond donors (Lipinski definition) is 0. The number of benzene rings is 2. The van der Waals surface area contributed by atoms with E-state index in [1.165, 1.54) is 12.1 Å². The Morgan fingerprint density at radius 2 is 1.50 bits per heavy atom. The molecule has 0 saturated heterocycles. The molecule has 0 bridgehead atoms. The summed E-state index contributed by atoms with van der Waals surface area (Å²) in [6.45, 7) is 0. The second-order valence-electron chi connectivity index (χ2n) is 7.19. The van der Waals surface area contributed by atoms with Crippen molar-refractivity contribution >= 4 is 23.8 Å². The monoisotopic (exact) mass is 377 g/mol. The molecule has 1 spiro atoms. The number of amides is 2. The van der Waals surface area contributed by atoms with Crippen LogP contribution >= 0.6 is 0 Å². The quantitative estimate of drug-likeness (QED) is 0.590. The van der Waals surface area contributed by atoms with Crippen LogP contribution in [-0.2, 0) is 14.4 Å². The van der Waals surface area contributed by atoms with Gasteiger partial charge < -0.3 is 9.57 Å². The number of ether oxygens (including phenoxy) is 1. The summed E-state index contributed by atoms with van der Waals surface area (Å²) in [7, 11) is 0. The van der Waals surface area contributed by atoms with Crippen molar-refractivity contribution < 1.29 is 28.8 Å². The lowest BCUT2D eigenvalue weighted by Crippen LogP contribution is -2.54. The van der Waals surface area contributed by atoms with E-state index >= 15 is 0 Å². The van der Waals surface area contributed by atoms with E-state index in [2.05, 4.69) is 0 Å². The van der Waals surface area contributed by atoms with Crippen molar-refractivity contribution in [2.24, 2.45) is 0 Å². The van der Waals surface area contributed by atoms with Crippen molar-refractivity contribution in [3.8, 4) is 0 Å². The van der Waals surface area contributed by atoms with Gasteiger partial charge in [0.25, 0.3) is 11.8 Å². The fourth-order valence-corrected chi connectivity index (χ4v) is 4.17. The van der Waals surface area contributed by atoms with E-state index in [1.54, 1.807) is 36.4 Å². The van der Waals surface area contributed by atoms with Crippen LogP contribution < -0.4 is 0 Å². The van der Waals surface area contributed by atoms with E-state index in [1.807, 2.05) is 0 Å². The lowest BCUT2D eigenvalue weighted by molar-refractivity contribution is -0.183. The average molecular weight is 377 g/mol. The maximum absolute atomic E-state index is 13.1. The minimum Gasteiger partial charge on any atom is -0.454 e. The summed E-state index contributed by atoms with van der Waals surface area (Å²) in [5.41, 5.74) is 0.189. The first-order chi connectivity index (χ1) is 13.5. The van der Waals surface area contributed by atoms with Crippen LogP contribution in [0.15, 0.2) is 48.5 Å². The second kappa shape index (κ2) is 5.76. The SMILES string of the molecule is O=C1OC2(CCC2)C(C(=O)ON2C(=O)c3ccccc3C2=O)c2ccccc21. The Kier molecular flexibility index (Phi) is 3.43. The van der Waals surface area contributed by atoms with Crippen LogP contribution in [0.5, 0.6) is 0 Å². The van der Waals surface area contributed by atoms with Crippen molar-refractivity contribution in [1.29, 1.82) is 0 Å². The zero-order valence-electron chi connectivity index (χ0n) is 14.7. The summed E-state index contributed by atoms with van der Waals surface area (Å²) in [4.78, 5) is 55.8. The van der Waals surface area contributed by atoms with Gasteiger partial charge in [0.1, 0.15) is 11.5 Å². The van der Waals surface area contributed by atoms with Gasteiger partial charge in [0, 0.05) is 0 Å². The Labute approximate surface area is 159 Å². The summed E-state index contributed by atoms with van der Waals surface area (Å²) < 4.78 is 5.62. The highest BCUT2D eigenvalue weighted by molar-refractivity contribution is 6.21. The zero-order chi connectivity index (χ0) is 19.5. The lowest BCUT2D eigenvalue weighted by atomic mass is 9.66. The molecule has 1 atom stereocenters. The number of rotatable bonds is 2.